The molecule has 2 aliphatic rings. The Morgan fingerprint density at radius 3 is 2.52 bits per heavy atom. The fourth-order valence-electron chi connectivity index (χ4n) is 3.15. The monoisotopic (exact) mass is 310 g/mol. The minimum absolute atomic E-state index is 0.00156. The van der Waals surface area contributed by atoms with Gasteiger partial charge < -0.3 is 9.90 Å². The number of rotatable bonds is 2. The predicted octanol–water partition coefficient (Wildman–Crippen LogP) is 0.739. The van der Waals surface area contributed by atoms with Crippen molar-refractivity contribution in [2.45, 2.75) is 32.7 Å². The van der Waals surface area contributed by atoms with Gasteiger partial charge in [-0.05, 0) is 41.5 Å². The number of hydrogen-bond donors (Lipinski definition) is 2. The maximum atomic E-state index is 12.1. The van der Waals surface area contributed by atoms with E-state index in [0.29, 0.717) is 6.29 Å². The molecule has 3 rings (SSSR count). The molecule has 0 amide bonds. The Kier molecular flexibility index (Phi) is 3.04. The first-order valence-corrected chi connectivity index (χ1v) is 8.26. The van der Waals surface area contributed by atoms with Crippen molar-refractivity contribution in [3.8, 4) is 5.75 Å². The topological polar surface area (TPSA) is 86.7 Å². The Bertz CT molecular complexity index is 712. The van der Waals surface area contributed by atoms with Crippen molar-refractivity contribution in [3.63, 3.8) is 0 Å². The van der Waals surface area contributed by atoms with Crippen molar-refractivity contribution in [2.24, 2.45) is 5.41 Å². The predicted molar refractivity (Wildman–Crippen MR) is 78.5 cm³/mol. The van der Waals surface area contributed by atoms with Crippen molar-refractivity contribution in [3.05, 3.63) is 23.3 Å². The van der Waals surface area contributed by atoms with Crippen LogP contribution in [0.4, 0.5) is 5.69 Å². The van der Waals surface area contributed by atoms with Crippen LogP contribution in [0.15, 0.2) is 12.1 Å². The van der Waals surface area contributed by atoms with Crippen LogP contribution in [0.2, 0.25) is 0 Å². The summed E-state index contributed by atoms with van der Waals surface area (Å²) in [5.41, 5.74) is 2.46. The Morgan fingerprint density at radius 2 is 1.95 bits per heavy atom. The molecule has 114 valence electrons. The van der Waals surface area contributed by atoms with E-state index >= 15 is 0 Å². The molecular formula is C14H18N2O4S. The number of carbonyl (C=O) groups excluding carboxylic acids is 1. The zero-order valence-corrected chi connectivity index (χ0v) is 12.8. The Morgan fingerprint density at radius 1 is 1.33 bits per heavy atom. The van der Waals surface area contributed by atoms with Gasteiger partial charge in [0.2, 0.25) is 0 Å². The number of benzene rings is 1. The van der Waals surface area contributed by atoms with Gasteiger partial charge in [-0.25, -0.2) is 0 Å². The van der Waals surface area contributed by atoms with Crippen LogP contribution in [-0.4, -0.2) is 32.4 Å². The Labute approximate surface area is 124 Å². The van der Waals surface area contributed by atoms with E-state index in [1.165, 1.54) is 0 Å². The molecule has 0 spiro atoms. The number of phenols is 1. The van der Waals surface area contributed by atoms with E-state index in [0.717, 1.165) is 28.3 Å². The van der Waals surface area contributed by atoms with Crippen molar-refractivity contribution in [2.75, 3.05) is 10.8 Å². The summed E-state index contributed by atoms with van der Waals surface area (Å²) in [6.07, 6.45) is 2.26. The lowest BCUT2D eigenvalue weighted by atomic mass is 9.90. The van der Waals surface area contributed by atoms with Crippen molar-refractivity contribution in [1.29, 1.82) is 0 Å². The highest BCUT2D eigenvalue weighted by Gasteiger charge is 2.38. The average Bonchev–Trinajstić information content (AvgIpc) is 2.82. The van der Waals surface area contributed by atoms with Crippen LogP contribution in [-0.2, 0) is 27.8 Å². The number of hydrogen-bond acceptors (Lipinski definition) is 4. The van der Waals surface area contributed by atoms with Gasteiger partial charge in [-0.2, -0.15) is 13.1 Å². The zero-order valence-electron chi connectivity index (χ0n) is 12.0. The van der Waals surface area contributed by atoms with Crippen LogP contribution in [0.1, 0.15) is 25.0 Å². The summed E-state index contributed by atoms with van der Waals surface area (Å²) in [4.78, 5) is 10.8. The van der Waals surface area contributed by atoms with Gasteiger partial charge in [0.15, 0.2) is 0 Å². The lowest BCUT2D eigenvalue weighted by Gasteiger charge is -2.18. The third-order valence-corrected chi connectivity index (χ3v) is 5.55. The first-order chi connectivity index (χ1) is 9.72. The highest BCUT2D eigenvalue weighted by atomic mass is 32.2. The van der Waals surface area contributed by atoms with Crippen LogP contribution in [0.5, 0.6) is 5.75 Å². The molecule has 1 aliphatic carbocycles. The van der Waals surface area contributed by atoms with Gasteiger partial charge in [-0.1, -0.05) is 13.8 Å². The number of phenolic OH excluding ortho intramolecular Hbond substituents is 1. The number of aldehydes is 1. The van der Waals surface area contributed by atoms with E-state index in [4.69, 9.17) is 0 Å². The summed E-state index contributed by atoms with van der Waals surface area (Å²) in [7, 11) is -3.78. The summed E-state index contributed by atoms with van der Waals surface area (Å²) in [5.74, 6) is -0.0663. The molecule has 7 heteroatoms. The largest absolute Gasteiger partial charge is 0.506 e. The summed E-state index contributed by atoms with van der Waals surface area (Å²) in [6.45, 7) is 4.28. The lowest BCUT2D eigenvalue weighted by molar-refractivity contribution is -0.108. The molecule has 1 atom stereocenters. The van der Waals surface area contributed by atoms with E-state index < -0.39 is 16.3 Å². The molecule has 1 aliphatic heterocycles. The SMILES string of the molecule is CC1(C)Cc2cc(O)c(N3CC(C=O)NS3(=O)=O)cc2C1. The van der Waals surface area contributed by atoms with Crippen LogP contribution >= 0.6 is 0 Å². The number of aromatic hydroxyl groups is 1. The quantitative estimate of drug-likeness (QED) is 0.789. The van der Waals surface area contributed by atoms with Gasteiger partial charge in [0.05, 0.1) is 18.3 Å². The van der Waals surface area contributed by atoms with E-state index in [-0.39, 0.29) is 23.4 Å². The second kappa shape index (κ2) is 4.45. The number of carbonyl (C=O) groups is 1. The van der Waals surface area contributed by atoms with Crippen LogP contribution in [0, 0.1) is 5.41 Å². The summed E-state index contributed by atoms with van der Waals surface area (Å²) >= 11 is 0. The van der Waals surface area contributed by atoms with Gasteiger partial charge >= 0.3 is 10.2 Å². The average molecular weight is 310 g/mol. The second-order valence-electron chi connectivity index (χ2n) is 6.52. The zero-order chi connectivity index (χ0) is 15.4. The smallest absolute Gasteiger partial charge is 0.302 e. The first-order valence-electron chi connectivity index (χ1n) is 6.82. The van der Waals surface area contributed by atoms with Crippen LogP contribution in [0.3, 0.4) is 0 Å². The molecule has 0 saturated carbocycles. The molecule has 0 aromatic heterocycles. The van der Waals surface area contributed by atoms with Crippen LogP contribution in [0.25, 0.3) is 0 Å². The third-order valence-electron chi connectivity index (χ3n) is 4.02. The molecule has 1 saturated heterocycles. The van der Waals surface area contributed by atoms with Crippen LogP contribution < -0.4 is 9.03 Å². The third kappa shape index (κ3) is 2.40. The number of nitrogens with one attached hydrogen (secondary N) is 1. The van der Waals surface area contributed by atoms with Crippen molar-refractivity contribution < 1.29 is 18.3 Å². The van der Waals surface area contributed by atoms with Gasteiger partial charge in [0, 0.05) is 0 Å². The minimum atomic E-state index is -3.78. The van der Waals surface area contributed by atoms with Crippen molar-refractivity contribution in [1.82, 2.24) is 4.72 Å². The first kappa shape index (κ1) is 14.3. The Balaban J connectivity index is 2.03. The van der Waals surface area contributed by atoms with E-state index in [9.17, 15) is 18.3 Å². The maximum absolute atomic E-state index is 12.1. The minimum Gasteiger partial charge on any atom is -0.506 e. The lowest BCUT2D eigenvalue weighted by Crippen LogP contribution is -2.30. The molecular weight excluding hydrogens is 292 g/mol. The highest BCUT2D eigenvalue weighted by Crippen LogP contribution is 2.42. The fourth-order valence-corrected chi connectivity index (χ4v) is 4.56. The standard InChI is InChI=1S/C14H18N2O4S/c1-14(2)5-9-3-12(13(18)4-10(9)6-14)16-7-11(8-17)15-21(16,19)20/h3-4,8,11,15,18H,5-7H2,1-2H3. The fraction of sp³-hybridized carbons (Fsp3) is 0.500. The molecule has 21 heavy (non-hydrogen) atoms. The van der Waals surface area contributed by atoms with E-state index in [1.54, 1.807) is 12.1 Å². The second-order valence-corrected chi connectivity index (χ2v) is 8.15. The number of fused-ring (bicyclic) bond motifs is 1. The molecule has 1 aromatic rings. The normalized spacial score (nSPS) is 25.8. The highest BCUT2D eigenvalue weighted by molar-refractivity contribution is 7.91. The van der Waals surface area contributed by atoms with Gasteiger partial charge in [0.1, 0.15) is 12.0 Å². The molecule has 2 N–H and O–H groups in total. The van der Waals surface area contributed by atoms with Gasteiger partial charge in [-0.15, -0.1) is 0 Å². The molecule has 1 aromatic carbocycles. The maximum Gasteiger partial charge on any atom is 0.302 e. The molecule has 1 heterocycles. The molecule has 0 radical (unpaired) electrons. The molecule has 6 nitrogen and oxygen atoms in total. The van der Waals surface area contributed by atoms with E-state index in [2.05, 4.69) is 18.6 Å². The summed E-state index contributed by atoms with van der Waals surface area (Å²) in [6, 6.07) is 2.59. The Hall–Kier alpha value is -1.60. The van der Waals surface area contributed by atoms with E-state index in [1.807, 2.05) is 0 Å². The summed E-state index contributed by atoms with van der Waals surface area (Å²) < 4.78 is 27.4. The molecule has 1 fully saturated rings. The van der Waals surface area contributed by atoms with Gasteiger partial charge in [-0.3, -0.25) is 4.31 Å². The summed E-state index contributed by atoms with van der Waals surface area (Å²) in [5, 5.41) is 10.2. The number of anilines is 1. The molecule has 1 unspecified atom stereocenters. The van der Waals surface area contributed by atoms with Crippen molar-refractivity contribution >= 4 is 22.2 Å². The molecule has 0 bridgehead atoms. The van der Waals surface area contributed by atoms with Gasteiger partial charge in [0.25, 0.3) is 0 Å². The number of nitrogens with zero attached hydrogens (tertiary/aromatic N) is 1.